The van der Waals surface area contributed by atoms with Gasteiger partial charge in [-0.25, -0.2) is 31.7 Å². The third-order valence-electron chi connectivity index (χ3n) is 7.72. The maximum absolute atomic E-state index is 14.8. The number of fused-ring (bicyclic) bond motifs is 1. The number of aryl methyl sites for hydroxylation is 1. The molecule has 0 bridgehead atoms. The first-order valence-electron chi connectivity index (χ1n) is 12.6. The van der Waals surface area contributed by atoms with Crippen molar-refractivity contribution < 1.29 is 17.4 Å². The Labute approximate surface area is 218 Å². The summed E-state index contributed by atoms with van der Waals surface area (Å²) in [5, 5.41) is 10.8. The zero-order valence-electron chi connectivity index (χ0n) is 21.2. The summed E-state index contributed by atoms with van der Waals surface area (Å²) in [5.74, 6) is -0.923. The number of aromatic nitrogens is 3. The molecule has 2 aromatic heterocycles. The van der Waals surface area contributed by atoms with Crippen LogP contribution < -0.4 is 5.56 Å². The molecule has 1 saturated heterocycles. The van der Waals surface area contributed by atoms with Gasteiger partial charge in [-0.05, 0) is 49.7 Å². The van der Waals surface area contributed by atoms with Gasteiger partial charge in [0.15, 0.2) is 0 Å². The van der Waals surface area contributed by atoms with Crippen molar-refractivity contribution in [2.24, 2.45) is 11.4 Å². The summed E-state index contributed by atoms with van der Waals surface area (Å²) < 4.78 is 60.4. The van der Waals surface area contributed by atoms with Crippen LogP contribution in [0.5, 0.6) is 0 Å². The van der Waals surface area contributed by atoms with E-state index in [-0.39, 0.29) is 53.5 Å². The van der Waals surface area contributed by atoms with Gasteiger partial charge >= 0.3 is 0 Å². The molecule has 1 aliphatic heterocycles. The summed E-state index contributed by atoms with van der Waals surface area (Å²) in [4.78, 5) is 22.1. The SMILES string of the molecule is C[C@@H](Cc1ncnc2c1cc(C1(C#N)CCS(=O)(=NC3CC3)CC1)c(=O)n2C)c1cccc(C(F)F)c1F. The van der Waals surface area contributed by atoms with Crippen molar-refractivity contribution >= 4 is 20.8 Å². The fourth-order valence-electron chi connectivity index (χ4n) is 5.24. The molecule has 1 atom stereocenters. The third kappa shape index (κ3) is 4.70. The first kappa shape index (κ1) is 26.4. The lowest BCUT2D eigenvalue weighted by Crippen LogP contribution is -2.41. The van der Waals surface area contributed by atoms with Gasteiger partial charge in [0.25, 0.3) is 12.0 Å². The number of nitriles is 1. The summed E-state index contributed by atoms with van der Waals surface area (Å²) in [6.07, 6.45) is 0.989. The van der Waals surface area contributed by atoms with E-state index in [1.165, 1.54) is 23.0 Å². The van der Waals surface area contributed by atoms with Gasteiger partial charge in [0.2, 0.25) is 0 Å². The summed E-state index contributed by atoms with van der Waals surface area (Å²) in [6, 6.07) is 8.09. The first-order chi connectivity index (χ1) is 18.1. The van der Waals surface area contributed by atoms with Crippen molar-refractivity contribution in [2.75, 3.05) is 11.5 Å². The van der Waals surface area contributed by atoms with Crippen LogP contribution >= 0.6 is 0 Å². The second kappa shape index (κ2) is 9.80. The van der Waals surface area contributed by atoms with Crippen LogP contribution in [0.2, 0.25) is 0 Å². The Morgan fingerprint density at radius 1 is 1.24 bits per heavy atom. The van der Waals surface area contributed by atoms with Gasteiger partial charge in [0.05, 0.1) is 28.8 Å². The summed E-state index contributed by atoms with van der Waals surface area (Å²) in [5.41, 5.74) is -0.831. The van der Waals surface area contributed by atoms with Gasteiger partial charge in [0, 0.05) is 39.2 Å². The number of hydrogen-bond donors (Lipinski definition) is 0. The lowest BCUT2D eigenvalue weighted by Gasteiger charge is -2.32. The van der Waals surface area contributed by atoms with Crippen molar-refractivity contribution in [1.29, 1.82) is 5.26 Å². The van der Waals surface area contributed by atoms with E-state index in [4.69, 9.17) is 0 Å². The molecular weight excluding hydrogens is 515 g/mol. The van der Waals surface area contributed by atoms with Gasteiger partial charge in [0.1, 0.15) is 17.8 Å². The van der Waals surface area contributed by atoms with Gasteiger partial charge < -0.3 is 0 Å². The summed E-state index contributed by atoms with van der Waals surface area (Å²) in [6.45, 7) is 1.72. The molecule has 0 spiro atoms. The molecule has 1 aliphatic carbocycles. The quantitative estimate of drug-likeness (QED) is 0.439. The fraction of sp³-hybridized carbons (Fsp3) is 0.481. The van der Waals surface area contributed by atoms with Crippen molar-refractivity contribution in [2.45, 2.75) is 62.8 Å². The Hall–Kier alpha value is -3.26. The molecule has 7 nitrogen and oxygen atoms in total. The number of rotatable bonds is 6. The van der Waals surface area contributed by atoms with Crippen LogP contribution in [-0.2, 0) is 28.6 Å². The largest absolute Gasteiger partial charge is 0.295 e. The van der Waals surface area contributed by atoms with Gasteiger partial charge in [-0.3, -0.25) is 9.36 Å². The topological polar surface area (TPSA) is 101 Å². The van der Waals surface area contributed by atoms with Crippen LogP contribution in [0.15, 0.2) is 39.8 Å². The number of halogens is 3. The minimum Gasteiger partial charge on any atom is -0.295 e. The molecule has 0 amide bonds. The number of nitrogens with zero attached hydrogens (tertiary/aromatic N) is 5. The highest BCUT2D eigenvalue weighted by Gasteiger charge is 2.41. The predicted molar refractivity (Wildman–Crippen MR) is 138 cm³/mol. The smallest absolute Gasteiger partial charge is 0.266 e. The molecule has 0 radical (unpaired) electrons. The lowest BCUT2D eigenvalue weighted by atomic mass is 9.77. The Kier molecular flexibility index (Phi) is 6.80. The number of alkyl halides is 2. The van der Waals surface area contributed by atoms with Crippen LogP contribution in [-0.4, -0.2) is 36.3 Å². The van der Waals surface area contributed by atoms with E-state index in [1.54, 1.807) is 20.0 Å². The highest BCUT2D eigenvalue weighted by atomic mass is 32.2. The molecule has 1 saturated carbocycles. The maximum Gasteiger partial charge on any atom is 0.266 e. The van der Waals surface area contributed by atoms with E-state index in [0.717, 1.165) is 18.9 Å². The molecular formula is C27H28F3N5O2S. The molecule has 2 aliphatic rings. The highest BCUT2D eigenvalue weighted by molar-refractivity contribution is 7.93. The van der Waals surface area contributed by atoms with Crippen molar-refractivity contribution in [3.05, 3.63) is 69.1 Å². The third-order valence-corrected chi connectivity index (χ3v) is 10.1. The van der Waals surface area contributed by atoms with Crippen molar-refractivity contribution in [3.8, 4) is 6.07 Å². The Balaban J connectivity index is 1.55. The predicted octanol–water partition coefficient (Wildman–Crippen LogP) is 4.94. The number of benzene rings is 1. The van der Waals surface area contributed by atoms with Crippen LogP contribution in [0.25, 0.3) is 11.0 Å². The zero-order chi connectivity index (χ0) is 27.2. The van der Waals surface area contributed by atoms with Crippen LogP contribution in [0.1, 0.15) is 67.3 Å². The first-order valence-corrected chi connectivity index (χ1v) is 14.5. The Bertz CT molecular complexity index is 1620. The molecule has 200 valence electrons. The average Bonchev–Trinajstić information content (AvgIpc) is 3.71. The van der Waals surface area contributed by atoms with Crippen LogP contribution in [0.3, 0.4) is 0 Å². The number of hydrogen-bond acceptors (Lipinski definition) is 6. The Morgan fingerprint density at radius 3 is 2.55 bits per heavy atom. The van der Waals surface area contributed by atoms with E-state index in [1.807, 2.05) is 0 Å². The highest BCUT2D eigenvalue weighted by Crippen LogP contribution is 2.38. The molecule has 5 rings (SSSR count). The second-order valence-electron chi connectivity index (χ2n) is 10.3. The van der Waals surface area contributed by atoms with Gasteiger partial charge in [-0.1, -0.05) is 25.1 Å². The van der Waals surface area contributed by atoms with E-state index in [2.05, 4.69) is 20.4 Å². The summed E-state index contributed by atoms with van der Waals surface area (Å²) in [7, 11) is -0.830. The molecule has 1 aromatic carbocycles. The van der Waals surface area contributed by atoms with Gasteiger partial charge in [-0.2, -0.15) is 5.26 Å². The fourth-order valence-corrected chi connectivity index (χ4v) is 7.74. The van der Waals surface area contributed by atoms with Crippen LogP contribution in [0.4, 0.5) is 13.2 Å². The minimum atomic E-state index is -2.93. The molecule has 38 heavy (non-hydrogen) atoms. The zero-order valence-corrected chi connectivity index (χ0v) is 22.0. The van der Waals surface area contributed by atoms with Gasteiger partial charge in [-0.15, -0.1) is 0 Å². The normalized spacial score (nSPS) is 24.3. The van der Waals surface area contributed by atoms with E-state index < -0.39 is 38.9 Å². The maximum atomic E-state index is 14.8. The van der Waals surface area contributed by atoms with E-state index in [0.29, 0.717) is 16.7 Å². The lowest BCUT2D eigenvalue weighted by molar-refractivity contribution is 0.146. The molecule has 3 heterocycles. The van der Waals surface area contributed by atoms with E-state index >= 15 is 0 Å². The molecule has 11 heteroatoms. The minimum absolute atomic E-state index is 0.148. The summed E-state index contributed by atoms with van der Waals surface area (Å²) >= 11 is 0. The molecule has 2 fully saturated rings. The van der Waals surface area contributed by atoms with Crippen LogP contribution in [0, 0.1) is 17.1 Å². The molecule has 3 aromatic rings. The van der Waals surface area contributed by atoms with Crippen molar-refractivity contribution in [1.82, 2.24) is 14.5 Å². The monoisotopic (exact) mass is 543 g/mol. The van der Waals surface area contributed by atoms with Crippen molar-refractivity contribution in [3.63, 3.8) is 0 Å². The average molecular weight is 544 g/mol. The van der Waals surface area contributed by atoms with E-state index in [9.17, 15) is 27.4 Å². The Morgan fingerprint density at radius 2 is 1.92 bits per heavy atom. The second-order valence-corrected chi connectivity index (χ2v) is 12.9. The number of pyridine rings is 1. The molecule has 0 N–H and O–H groups in total. The molecule has 0 unspecified atom stereocenters. The standard InChI is InChI=1S/C27H28F3N5O2S/c1-16(18-4-3-5-19(23(18)28)24(29)30)12-22-20-13-21(26(36)35(2)25(20)33-15-32-22)27(14-31)8-10-38(37,11-9-27)34-17-6-7-17/h3-5,13,15-17,24H,6-12H2,1-2H3/t16-,27?,38?/m0/s1.